The molecule has 0 spiro atoms. The van der Waals surface area contributed by atoms with Crippen LogP contribution in [-0.2, 0) is 6.54 Å². The van der Waals surface area contributed by atoms with E-state index in [4.69, 9.17) is 5.11 Å². The van der Waals surface area contributed by atoms with E-state index in [-0.39, 0.29) is 6.61 Å². The molecular weight excluding hydrogens is 234 g/mol. The number of benzene rings is 1. The van der Waals surface area contributed by atoms with Crippen molar-refractivity contribution in [2.75, 3.05) is 13.2 Å². The average Bonchev–Trinajstić information content (AvgIpc) is 2.73. The number of aliphatic hydroxyl groups is 1. The van der Waals surface area contributed by atoms with Crippen molar-refractivity contribution in [1.29, 1.82) is 0 Å². The first-order chi connectivity index (χ1) is 8.72. The Morgan fingerprint density at radius 1 is 1.39 bits per heavy atom. The first-order valence-corrected chi connectivity index (χ1v) is 5.69. The van der Waals surface area contributed by atoms with Crippen LogP contribution in [0, 0.1) is 6.92 Å². The van der Waals surface area contributed by atoms with Crippen molar-refractivity contribution in [3.63, 3.8) is 0 Å². The molecule has 0 radical (unpaired) electrons. The SMILES string of the molecule is Cc1ccc(-[n+]2noc([O-])c2CNCCO)cc1. The third kappa shape index (κ3) is 2.66. The molecule has 96 valence electrons. The lowest BCUT2D eigenvalue weighted by atomic mass is 10.2. The number of aromatic nitrogens is 2. The molecule has 2 N–H and O–H groups in total. The maximum absolute atomic E-state index is 11.5. The van der Waals surface area contributed by atoms with E-state index in [1.54, 1.807) is 0 Å². The van der Waals surface area contributed by atoms with Gasteiger partial charge in [-0.15, -0.1) is 0 Å². The molecule has 18 heavy (non-hydrogen) atoms. The van der Waals surface area contributed by atoms with Crippen molar-refractivity contribution in [1.82, 2.24) is 10.6 Å². The predicted molar refractivity (Wildman–Crippen MR) is 61.0 cm³/mol. The Morgan fingerprint density at radius 3 is 2.78 bits per heavy atom. The Balaban J connectivity index is 2.24. The molecule has 1 aromatic heterocycles. The fourth-order valence-electron chi connectivity index (χ4n) is 1.59. The summed E-state index contributed by atoms with van der Waals surface area (Å²) in [6.45, 7) is 2.72. The number of nitrogens with one attached hydrogen (secondary N) is 1. The van der Waals surface area contributed by atoms with Gasteiger partial charge in [0.05, 0.1) is 18.4 Å². The predicted octanol–water partition coefficient (Wildman–Crippen LogP) is -0.585. The van der Waals surface area contributed by atoms with Crippen LogP contribution >= 0.6 is 0 Å². The van der Waals surface area contributed by atoms with Crippen LogP contribution in [0.3, 0.4) is 0 Å². The minimum Gasteiger partial charge on any atom is -0.539 e. The lowest BCUT2D eigenvalue weighted by Crippen LogP contribution is -2.39. The Labute approximate surface area is 104 Å². The summed E-state index contributed by atoms with van der Waals surface area (Å²) in [5.74, 6) is -0.471. The fraction of sp³-hybridized carbons (Fsp3) is 0.333. The quantitative estimate of drug-likeness (QED) is 0.547. The van der Waals surface area contributed by atoms with Gasteiger partial charge in [0, 0.05) is 18.7 Å². The van der Waals surface area contributed by atoms with E-state index >= 15 is 0 Å². The minimum atomic E-state index is -0.471. The Morgan fingerprint density at radius 2 is 2.11 bits per heavy atom. The van der Waals surface area contributed by atoms with E-state index in [9.17, 15) is 5.11 Å². The summed E-state index contributed by atoms with van der Waals surface area (Å²) < 4.78 is 6.13. The van der Waals surface area contributed by atoms with Crippen LogP contribution in [0.1, 0.15) is 11.3 Å². The molecule has 1 heterocycles. The number of rotatable bonds is 5. The summed E-state index contributed by atoms with van der Waals surface area (Å²) in [4.78, 5) is 0. The molecule has 6 heteroatoms. The van der Waals surface area contributed by atoms with Crippen molar-refractivity contribution in [2.24, 2.45) is 0 Å². The van der Waals surface area contributed by atoms with Crippen molar-refractivity contribution >= 4 is 0 Å². The first-order valence-electron chi connectivity index (χ1n) is 5.69. The molecule has 0 atom stereocenters. The van der Waals surface area contributed by atoms with Gasteiger partial charge in [0.15, 0.2) is 5.95 Å². The highest BCUT2D eigenvalue weighted by atomic mass is 16.6. The van der Waals surface area contributed by atoms with E-state index < -0.39 is 5.95 Å². The van der Waals surface area contributed by atoms with Crippen molar-refractivity contribution < 1.29 is 19.4 Å². The lowest BCUT2D eigenvalue weighted by molar-refractivity contribution is -0.677. The number of aryl methyl sites for hydroxylation is 1. The first kappa shape index (κ1) is 12.5. The van der Waals surface area contributed by atoms with Gasteiger partial charge in [0.2, 0.25) is 5.69 Å². The van der Waals surface area contributed by atoms with Gasteiger partial charge in [0.25, 0.3) is 5.69 Å². The molecule has 6 nitrogen and oxygen atoms in total. The zero-order valence-electron chi connectivity index (χ0n) is 10.1. The van der Waals surface area contributed by atoms with Crippen LogP contribution in [-0.4, -0.2) is 23.5 Å². The topological polar surface area (TPSA) is 85.2 Å². The van der Waals surface area contributed by atoms with Crippen LogP contribution in [0.15, 0.2) is 28.8 Å². The van der Waals surface area contributed by atoms with Crippen LogP contribution in [0.4, 0.5) is 0 Å². The van der Waals surface area contributed by atoms with E-state index in [1.165, 1.54) is 4.68 Å². The summed E-state index contributed by atoms with van der Waals surface area (Å²) in [6.07, 6.45) is 0. The highest BCUT2D eigenvalue weighted by Crippen LogP contribution is 2.10. The molecule has 0 amide bonds. The van der Waals surface area contributed by atoms with Crippen LogP contribution < -0.4 is 15.1 Å². The Kier molecular flexibility index (Phi) is 3.91. The zero-order valence-corrected chi connectivity index (χ0v) is 10.1. The second kappa shape index (κ2) is 5.61. The normalized spacial score (nSPS) is 10.8. The third-order valence-corrected chi connectivity index (χ3v) is 2.56. The summed E-state index contributed by atoms with van der Waals surface area (Å²) in [5.41, 5.74) is 2.31. The molecule has 0 saturated carbocycles. The number of nitrogens with zero attached hydrogens (tertiary/aromatic N) is 2. The van der Waals surface area contributed by atoms with Gasteiger partial charge in [-0.2, -0.15) is 0 Å². The molecular formula is C12H15N3O3. The number of aliphatic hydroxyl groups excluding tert-OH is 1. The van der Waals surface area contributed by atoms with Crippen LogP contribution in [0.2, 0.25) is 0 Å². The monoisotopic (exact) mass is 249 g/mol. The number of hydrogen-bond donors (Lipinski definition) is 2. The second-order valence-corrected chi connectivity index (χ2v) is 3.95. The van der Waals surface area contributed by atoms with E-state index in [1.807, 2.05) is 31.2 Å². The summed E-state index contributed by atoms with van der Waals surface area (Å²) in [6, 6.07) is 7.61. The van der Waals surface area contributed by atoms with Gasteiger partial charge >= 0.3 is 0 Å². The molecule has 2 aromatic rings. The third-order valence-electron chi connectivity index (χ3n) is 2.56. The average molecular weight is 249 g/mol. The van der Waals surface area contributed by atoms with E-state index in [0.29, 0.717) is 18.8 Å². The van der Waals surface area contributed by atoms with Gasteiger partial charge in [-0.1, -0.05) is 17.7 Å². The summed E-state index contributed by atoms with van der Waals surface area (Å²) in [7, 11) is 0. The van der Waals surface area contributed by atoms with Gasteiger partial charge < -0.3 is 20.1 Å². The fourth-order valence-corrected chi connectivity index (χ4v) is 1.59. The highest BCUT2D eigenvalue weighted by Gasteiger charge is 2.19. The molecule has 0 saturated heterocycles. The van der Waals surface area contributed by atoms with E-state index in [2.05, 4.69) is 15.1 Å². The lowest BCUT2D eigenvalue weighted by Gasteiger charge is -2.00. The molecule has 2 rings (SSSR count). The summed E-state index contributed by atoms with van der Waals surface area (Å²) >= 11 is 0. The molecule has 0 aliphatic heterocycles. The maximum atomic E-state index is 11.5. The van der Waals surface area contributed by atoms with Gasteiger partial charge in [-0.25, -0.2) is 0 Å². The van der Waals surface area contributed by atoms with Crippen LogP contribution in [0.5, 0.6) is 5.95 Å². The number of hydrogen-bond acceptors (Lipinski definition) is 5. The van der Waals surface area contributed by atoms with E-state index in [0.717, 1.165) is 11.3 Å². The minimum absolute atomic E-state index is 0.0179. The van der Waals surface area contributed by atoms with Crippen molar-refractivity contribution in [2.45, 2.75) is 13.5 Å². The molecule has 0 unspecified atom stereocenters. The van der Waals surface area contributed by atoms with Gasteiger partial charge in [0.1, 0.15) is 0 Å². The maximum Gasteiger partial charge on any atom is 0.253 e. The molecule has 0 fully saturated rings. The van der Waals surface area contributed by atoms with Crippen molar-refractivity contribution in [3.05, 3.63) is 35.5 Å². The second-order valence-electron chi connectivity index (χ2n) is 3.95. The molecule has 0 bridgehead atoms. The highest BCUT2D eigenvalue weighted by molar-refractivity contribution is 5.27. The molecule has 1 aromatic carbocycles. The molecule has 0 aliphatic rings. The smallest absolute Gasteiger partial charge is 0.253 e. The van der Waals surface area contributed by atoms with Crippen LogP contribution in [0.25, 0.3) is 5.69 Å². The van der Waals surface area contributed by atoms with Gasteiger partial charge in [-0.3, -0.25) is 0 Å². The van der Waals surface area contributed by atoms with Crippen molar-refractivity contribution in [3.8, 4) is 11.6 Å². The van der Waals surface area contributed by atoms with Gasteiger partial charge in [-0.05, 0) is 11.6 Å². The Bertz CT molecular complexity index is 508. The zero-order chi connectivity index (χ0) is 13.0. The standard InChI is InChI=1S/C12H15N3O3/c1-9-2-4-10(5-3-9)15-11(8-13-6-7-16)12(17)18-14-15/h2-5,13,16H,6-8H2,1H3. The summed E-state index contributed by atoms with van der Waals surface area (Å²) in [5, 5.41) is 26.9. The Hall–Kier alpha value is -1.92. The molecule has 0 aliphatic carbocycles. The largest absolute Gasteiger partial charge is 0.539 e.